The normalized spacial score (nSPS) is 11.0. The summed E-state index contributed by atoms with van der Waals surface area (Å²) in [5.74, 6) is 0.734. The van der Waals surface area contributed by atoms with Gasteiger partial charge in [0.25, 0.3) is 0 Å². The van der Waals surface area contributed by atoms with Crippen molar-refractivity contribution in [3.05, 3.63) is 50.9 Å². The van der Waals surface area contributed by atoms with Crippen molar-refractivity contribution < 1.29 is 0 Å². The van der Waals surface area contributed by atoms with Crippen molar-refractivity contribution in [1.82, 2.24) is 14.4 Å². The van der Waals surface area contributed by atoms with E-state index in [9.17, 15) is 0 Å². The van der Waals surface area contributed by atoms with Crippen LogP contribution in [0.3, 0.4) is 0 Å². The van der Waals surface area contributed by atoms with Gasteiger partial charge >= 0.3 is 0 Å². The van der Waals surface area contributed by atoms with Gasteiger partial charge in [0.15, 0.2) is 11.5 Å². The van der Waals surface area contributed by atoms with Gasteiger partial charge in [-0.25, -0.2) is 9.97 Å². The van der Waals surface area contributed by atoms with Crippen LogP contribution < -0.4 is 5.32 Å². The first-order chi connectivity index (χ1) is 9.54. The Hall–Kier alpha value is -1.40. The zero-order chi connectivity index (χ0) is 14.3. The minimum atomic E-state index is 0.734. The summed E-state index contributed by atoms with van der Waals surface area (Å²) in [6.45, 7) is 4.14. The first-order valence-corrected chi connectivity index (χ1v) is 7.66. The lowest BCUT2D eigenvalue weighted by molar-refractivity contribution is 1.10. The van der Waals surface area contributed by atoms with Crippen molar-refractivity contribution in [2.45, 2.75) is 13.8 Å². The number of anilines is 2. The lowest BCUT2D eigenvalue weighted by Gasteiger charge is -2.13. The number of hydrogen-bond donors (Lipinski definition) is 1. The van der Waals surface area contributed by atoms with E-state index in [1.807, 2.05) is 16.8 Å². The average Bonchev–Trinajstić information content (AvgIpc) is 2.81. The van der Waals surface area contributed by atoms with Gasteiger partial charge in [-0.15, -0.1) is 0 Å². The highest BCUT2D eigenvalue weighted by Gasteiger charge is 2.10. The van der Waals surface area contributed by atoms with Crippen LogP contribution in [0.25, 0.3) is 5.65 Å². The number of hydrogen-bond acceptors (Lipinski definition) is 3. The van der Waals surface area contributed by atoms with Crippen LogP contribution in [0.5, 0.6) is 0 Å². The third-order valence-electron chi connectivity index (χ3n) is 3.09. The van der Waals surface area contributed by atoms with Crippen LogP contribution in [0, 0.1) is 13.8 Å². The molecule has 1 N–H and O–H groups in total. The van der Waals surface area contributed by atoms with Crippen molar-refractivity contribution >= 4 is 49.0 Å². The third-order valence-corrected chi connectivity index (χ3v) is 3.93. The fraction of sp³-hybridized carbons (Fsp3) is 0.143. The summed E-state index contributed by atoms with van der Waals surface area (Å²) in [5, 5.41) is 3.39. The highest BCUT2D eigenvalue weighted by molar-refractivity contribution is 9.10. The van der Waals surface area contributed by atoms with Gasteiger partial charge in [0, 0.05) is 28.8 Å². The number of imidazole rings is 1. The van der Waals surface area contributed by atoms with E-state index in [4.69, 9.17) is 0 Å². The van der Waals surface area contributed by atoms with E-state index in [2.05, 4.69) is 73.1 Å². The second-order valence-corrected chi connectivity index (χ2v) is 6.34. The van der Waals surface area contributed by atoms with E-state index < -0.39 is 0 Å². The van der Waals surface area contributed by atoms with Crippen molar-refractivity contribution in [2.24, 2.45) is 0 Å². The molecule has 0 aliphatic heterocycles. The molecular formula is C14H12Br2N4. The monoisotopic (exact) mass is 394 g/mol. The highest BCUT2D eigenvalue weighted by Crippen LogP contribution is 2.29. The minimum absolute atomic E-state index is 0.734. The van der Waals surface area contributed by atoms with Crippen molar-refractivity contribution in [3.8, 4) is 0 Å². The topological polar surface area (TPSA) is 42.2 Å². The first kappa shape index (κ1) is 13.6. The largest absolute Gasteiger partial charge is 0.337 e. The Balaban J connectivity index is 2.12. The SMILES string of the molecule is Cc1cc(Br)cc(C)c1Nc1nc(Br)cn2ccnc12. The third kappa shape index (κ3) is 2.45. The second-order valence-electron chi connectivity index (χ2n) is 4.61. The number of benzene rings is 1. The van der Waals surface area contributed by atoms with Crippen molar-refractivity contribution in [3.63, 3.8) is 0 Å². The molecule has 0 saturated heterocycles. The second kappa shape index (κ2) is 5.18. The first-order valence-electron chi connectivity index (χ1n) is 6.07. The van der Waals surface area contributed by atoms with Gasteiger partial charge in [-0.1, -0.05) is 15.9 Å². The van der Waals surface area contributed by atoms with E-state index in [1.54, 1.807) is 6.20 Å². The van der Waals surface area contributed by atoms with Gasteiger partial charge in [0.1, 0.15) is 4.60 Å². The standard InChI is InChI=1S/C14H12Br2N4/c1-8-5-10(15)6-9(2)12(8)19-13-14-17-3-4-20(14)7-11(16)18-13/h3-7H,1-2H3,(H,18,19). The van der Waals surface area contributed by atoms with Crippen LogP contribution >= 0.6 is 31.9 Å². The minimum Gasteiger partial charge on any atom is -0.337 e. The molecule has 3 rings (SSSR count). The molecule has 2 aromatic heterocycles. The average molecular weight is 396 g/mol. The summed E-state index contributed by atoms with van der Waals surface area (Å²) in [6, 6.07) is 4.16. The molecule has 0 aliphatic rings. The van der Waals surface area contributed by atoms with Crippen LogP contribution in [0.4, 0.5) is 11.5 Å². The van der Waals surface area contributed by atoms with Gasteiger partial charge in [0.05, 0.1) is 0 Å². The van der Waals surface area contributed by atoms with Crippen molar-refractivity contribution in [2.75, 3.05) is 5.32 Å². The molecule has 0 radical (unpaired) electrons. The van der Waals surface area contributed by atoms with Gasteiger partial charge in [-0.2, -0.15) is 0 Å². The lowest BCUT2D eigenvalue weighted by atomic mass is 10.1. The Bertz CT molecular complexity index is 772. The molecule has 0 fully saturated rings. The predicted molar refractivity (Wildman–Crippen MR) is 87.6 cm³/mol. The Labute approximate surface area is 133 Å². The molecule has 20 heavy (non-hydrogen) atoms. The van der Waals surface area contributed by atoms with E-state index in [0.29, 0.717) is 0 Å². The number of nitrogens with one attached hydrogen (secondary N) is 1. The van der Waals surface area contributed by atoms with Crippen molar-refractivity contribution in [1.29, 1.82) is 0 Å². The molecule has 0 bridgehead atoms. The highest BCUT2D eigenvalue weighted by atomic mass is 79.9. The molecule has 6 heteroatoms. The molecule has 0 aliphatic carbocycles. The number of fused-ring (bicyclic) bond motifs is 1. The number of rotatable bonds is 2. The molecule has 1 aromatic carbocycles. The smallest absolute Gasteiger partial charge is 0.180 e. The summed E-state index contributed by atoms with van der Waals surface area (Å²) in [7, 11) is 0. The fourth-order valence-electron chi connectivity index (χ4n) is 2.21. The molecule has 102 valence electrons. The zero-order valence-electron chi connectivity index (χ0n) is 11.0. The zero-order valence-corrected chi connectivity index (χ0v) is 14.2. The molecule has 0 amide bonds. The quantitative estimate of drug-likeness (QED) is 0.688. The number of halogens is 2. The van der Waals surface area contributed by atoms with E-state index in [-0.39, 0.29) is 0 Å². The number of nitrogens with zero attached hydrogens (tertiary/aromatic N) is 3. The van der Waals surface area contributed by atoms with Gasteiger partial charge in [-0.05, 0) is 53.0 Å². The molecule has 0 atom stereocenters. The molecule has 4 nitrogen and oxygen atoms in total. The van der Waals surface area contributed by atoms with Gasteiger partial charge < -0.3 is 9.72 Å². The van der Waals surface area contributed by atoms with Crippen LogP contribution in [0.15, 0.2) is 39.8 Å². The molecule has 2 heterocycles. The fourth-order valence-corrected chi connectivity index (χ4v) is 3.30. The Kier molecular flexibility index (Phi) is 3.52. The maximum Gasteiger partial charge on any atom is 0.180 e. The van der Waals surface area contributed by atoms with E-state index >= 15 is 0 Å². The molecule has 0 saturated carbocycles. The molecular weight excluding hydrogens is 384 g/mol. The maximum absolute atomic E-state index is 4.48. The Morgan fingerprint density at radius 1 is 1.15 bits per heavy atom. The van der Waals surface area contributed by atoms with E-state index in [0.717, 1.165) is 37.4 Å². The number of aryl methyl sites for hydroxylation is 2. The number of aromatic nitrogens is 3. The summed E-state index contributed by atoms with van der Waals surface area (Å²) in [4.78, 5) is 8.82. The van der Waals surface area contributed by atoms with Gasteiger partial charge in [0.2, 0.25) is 0 Å². The summed E-state index contributed by atoms with van der Waals surface area (Å²) in [6.07, 6.45) is 5.54. The van der Waals surface area contributed by atoms with Gasteiger partial charge in [-0.3, -0.25) is 0 Å². The molecule has 0 unspecified atom stereocenters. The summed E-state index contributed by atoms with van der Waals surface area (Å²) >= 11 is 6.93. The van der Waals surface area contributed by atoms with Crippen LogP contribution in [0.2, 0.25) is 0 Å². The van der Waals surface area contributed by atoms with Crippen LogP contribution in [-0.4, -0.2) is 14.4 Å². The Morgan fingerprint density at radius 2 is 1.85 bits per heavy atom. The predicted octanol–water partition coefficient (Wildman–Crippen LogP) is 4.61. The van der Waals surface area contributed by atoms with E-state index in [1.165, 1.54) is 0 Å². The lowest BCUT2D eigenvalue weighted by Crippen LogP contribution is -2.02. The molecule has 0 spiro atoms. The van der Waals surface area contributed by atoms with Crippen LogP contribution in [-0.2, 0) is 0 Å². The molecule has 3 aromatic rings. The maximum atomic E-state index is 4.48. The summed E-state index contributed by atoms with van der Waals surface area (Å²) < 4.78 is 3.77. The van der Waals surface area contributed by atoms with Crippen LogP contribution in [0.1, 0.15) is 11.1 Å². The Morgan fingerprint density at radius 3 is 2.55 bits per heavy atom. The summed E-state index contributed by atoms with van der Waals surface area (Å²) in [5.41, 5.74) is 4.17.